The van der Waals surface area contributed by atoms with E-state index in [1.54, 1.807) is 12.1 Å². The van der Waals surface area contributed by atoms with Crippen LogP contribution in [0.25, 0.3) is 11.4 Å². The Morgan fingerprint density at radius 3 is 2.60 bits per heavy atom. The predicted molar refractivity (Wildman–Crippen MR) is 110 cm³/mol. The van der Waals surface area contributed by atoms with Gasteiger partial charge in [0, 0.05) is 43.1 Å². The first kappa shape index (κ1) is 19.8. The molecule has 0 spiro atoms. The van der Waals surface area contributed by atoms with E-state index in [0.29, 0.717) is 36.8 Å². The molecule has 1 aliphatic carbocycles. The van der Waals surface area contributed by atoms with Crippen molar-refractivity contribution in [3.05, 3.63) is 76.2 Å². The summed E-state index contributed by atoms with van der Waals surface area (Å²) in [5.41, 5.74) is 1.69. The highest BCUT2D eigenvalue weighted by Crippen LogP contribution is 2.31. The van der Waals surface area contributed by atoms with Gasteiger partial charge in [0.15, 0.2) is 0 Å². The van der Waals surface area contributed by atoms with Crippen molar-refractivity contribution in [2.24, 2.45) is 5.92 Å². The second-order valence-electron chi connectivity index (χ2n) is 7.40. The molecule has 1 fully saturated rings. The van der Waals surface area contributed by atoms with E-state index in [9.17, 15) is 14.9 Å². The second kappa shape index (κ2) is 8.86. The maximum atomic E-state index is 12.7. The summed E-state index contributed by atoms with van der Waals surface area (Å²) in [6, 6.07) is 16.2. The molecule has 154 valence electrons. The van der Waals surface area contributed by atoms with E-state index in [1.165, 1.54) is 17.7 Å². The number of rotatable bonds is 9. The molecule has 1 amide bonds. The minimum absolute atomic E-state index is 0.0269. The van der Waals surface area contributed by atoms with Gasteiger partial charge >= 0.3 is 0 Å². The maximum absolute atomic E-state index is 12.7. The molecule has 8 heteroatoms. The summed E-state index contributed by atoms with van der Waals surface area (Å²) in [5.74, 6) is 1.04. The molecular weight excluding hydrogens is 384 g/mol. The topological polar surface area (TPSA) is 102 Å². The molecule has 0 bridgehead atoms. The monoisotopic (exact) mass is 406 g/mol. The van der Waals surface area contributed by atoms with E-state index in [1.807, 2.05) is 23.1 Å². The Bertz CT molecular complexity index is 1030. The van der Waals surface area contributed by atoms with E-state index >= 15 is 0 Å². The second-order valence-corrected chi connectivity index (χ2v) is 7.40. The van der Waals surface area contributed by atoms with Gasteiger partial charge in [-0.25, -0.2) is 0 Å². The molecule has 2 aromatic carbocycles. The molecule has 1 heterocycles. The van der Waals surface area contributed by atoms with E-state index in [-0.39, 0.29) is 17.5 Å². The molecule has 30 heavy (non-hydrogen) atoms. The van der Waals surface area contributed by atoms with Gasteiger partial charge in [-0.15, -0.1) is 0 Å². The first-order valence-corrected chi connectivity index (χ1v) is 10.0. The normalized spacial score (nSPS) is 13.2. The molecule has 1 saturated carbocycles. The van der Waals surface area contributed by atoms with Crippen molar-refractivity contribution in [3.63, 3.8) is 0 Å². The first-order chi connectivity index (χ1) is 14.6. The number of carbonyl (C=O) groups excluding carboxylic acids is 1. The molecule has 0 aliphatic heterocycles. The minimum Gasteiger partial charge on any atom is -0.342 e. The summed E-state index contributed by atoms with van der Waals surface area (Å²) in [4.78, 5) is 29.4. The number of nitro groups is 1. The van der Waals surface area contributed by atoms with Gasteiger partial charge in [-0.1, -0.05) is 47.6 Å². The van der Waals surface area contributed by atoms with Crippen molar-refractivity contribution in [1.29, 1.82) is 0 Å². The van der Waals surface area contributed by atoms with Gasteiger partial charge in [-0.05, 0) is 24.8 Å². The zero-order valence-electron chi connectivity index (χ0n) is 16.4. The van der Waals surface area contributed by atoms with E-state index in [0.717, 1.165) is 19.3 Å². The number of nitro benzene ring substituents is 1. The average Bonchev–Trinajstić information content (AvgIpc) is 3.52. The quantitative estimate of drug-likeness (QED) is 0.397. The van der Waals surface area contributed by atoms with Gasteiger partial charge < -0.3 is 9.42 Å². The Morgan fingerprint density at radius 2 is 1.87 bits per heavy atom. The van der Waals surface area contributed by atoms with Crippen LogP contribution in [-0.2, 0) is 17.6 Å². The molecule has 0 saturated heterocycles. The number of aromatic nitrogens is 2. The van der Waals surface area contributed by atoms with Crippen molar-refractivity contribution in [1.82, 2.24) is 15.0 Å². The summed E-state index contributed by atoms with van der Waals surface area (Å²) in [6.07, 6.45) is 3.15. The summed E-state index contributed by atoms with van der Waals surface area (Å²) < 4.78 is 5.32. The lowest BCUT2D eigenvalue weighted by atomic mass is 10.1. The molecule has 3 aromatic rings. The van der Waals surface area contributed by atoms with Gasteiger partial charge in [0.05, 0.1) is 4.92 Å². The van der Waals surface area contributed by atoms with Crippen LogP contribution >= 0.6 is 0 Å². The Hall–Kier alpha value is -3.55. The van der Waals surface area contributed by atoms with Crippen LogP contribution in [0.5, 0.6) is 0 Å². The number of benzene rings is 2. The van der Waals surface area contributed by atoms with Crippen LogP contribution in [0.1, 0.15) is 24.3 Å². The summed E-state index contributed by atoms with van der Waals surface area (Å²) >= 11 is 0. The van der Waals surface area contributed by atoms with Gasteiger partial charge in [-0.3, -0.25) is 14.9 Å². The lowest BCUT2D eigenvalue weighted by Gasteiger charge is -2.22. The highest BCUT2D eigenvalue weighted by atomic mass is 16.6. The third-order valence-electron chi connectivity index (χ3n) is 5.13. The van der Waals surface area contributed by atoms with Crippen molar-refractivity contribution in [2.75, 3.05) is 13.1 Å². The summed E-state index contributed by atoms with van der Waals surface area (Å²) in [7, 11) is 0. The van der Waals surface area contributed by atoms with Gasteiger partial charge in [-0.2, -0.15) is 4.98 Å². The number of amides is 1. The van der Waals surface area contributed by atoms with Gasteiger partial charge in [0.25, 0.3) is 5.69 Å². The number of hydrogen-bond acceptors (Lipinski definition) is 6. The number of hydrogen-bond donors (Lipinski definition) is 0. The van der Waals surface area contributed by atoms with Gasteiger partial charge in [0.2, 0.25) is 17.6 Å². The zero-order valence-corrected chi connectivity index (χ0v) is 16.4. The van der Waals surface area contributed by atoms with E-state index < -0.39 is 4.92 Å². The standard InChI is InChI=1S/C22H22N4O4/c27-22(17-9-10-17)25(13-11-16-5-2-1-3-6-16)14-12-20-23-21(24-30-20)18-7-4-8-19(15-18)26(28)29/h1-8,15,17H,9-14H2. The van der Waals surface area contributed by atoms with Crippen LogP contribution in [0.2, 0.25) is 0 Å². The SMILES string of the molecule is O=C(C1CC1)N(CCc1ccccc1)CCc1nc(-c2cccc([N+](=O)[O-])c2)no1. The molecule has 4 rings (SSSR count). The maximum Gasteiger partial charge on any atom is 0.270 e. The average molecular weight is 406 g/mol. The summed E-state index contributed by atoms with van der Waals surface area (Å²) in [6.45, 7) is 1.14. The van der Waals surface area contributed by atoms with Gasteiger partial charge in [0.1, 0.15) is 0 Å². The highest BCUT2D eigenvalue weighted by Gasteiger charge is 2.33. The van der Waals surface area contributed by atoms with E-state index in [4.69, 9.17) is 4.52 Å². The van der Waals surface area contributed by atoms with Crippen LogP contribution in [0.3, 0.4) is 0 Å². The Kier molecular flexibility index (Phi) is 5.83. The predicted octanol–water partition coefficient (Wildman–Crippen LogP) is 3.67. The number of nitrogens with zero attached hydrogens (tertiary/aromatic N) is 4. The third-order valence-corrected chi connectivity index (χ3v) is 5.13. The third kappa shape index (κ3) is 4.89. The molecule has 0 atom stereocenters. The first-order valence-electron chi connectivity index (χ1n) is 10.0. The lowest BCUT2D eigenvalue weighted by molar-refractivity contribution is -0.384. The van der Waals surface area contributed by atoms with Crippen LogP contribution in [0, 0.1) is 16.0 Å². The van der Waals surface area contributed by atoms with Crippen molar-refractivity contribution in [3.8, 4) is 11.4 Å². The van der Waals surface area contributed by atoms with E-state index in [2.05, 4.69) is 22.3 Å². The highest BCUT2D eigenvalue weighted by molar-refractivity contribution is 5.81. The molecule has 0 N–H and O–H groups in total. The minimum atomic E-state index is -0.460. The largest absolute Gasteiger partial charge is 0.342 e. The fourth-order valence-electron chi connectivity index (χ4n) is 3.29. The molecular formula is C22H22N4O4. The Morgan fingerprint density at radius 1 is 1.10 bits per heavy atom. The number of non-ortho nitro benzene ring substituents is 1. The molecule has 8 nitrogen and oxygen atoms in total. The smallest absolute Gasteiger partial charge is 0.270 e. The van der Waals surface area contributed by atoms with Crippen LogP contribution < -0.4 is 0 Å². The zero-order chi connectivity index (χ0) is 20.9. The summed E-state index contributed by atoms with van der Waals surface area (Å²) in [5, 5.41) is 14.9. The number of carbonyl (C=O) groups is 1. The van der Waals surface area contributed by atoms with Crippen LogP contribution in [0.4, 0.5) is 5.69 Å². The van der Waals surface area contributed by atoms with Crippen LogP contribution in [0.15, 0.2) is 59.1 Å². The van der Waals surface area contributed by atoms with Crippen LogP contribution in [-0.4, -0.2) is 39.0 Å². The molecule has 1 aliphatic rings. The lowest BCUT2D eigenvalue weighted by Crippen LogP contribution is -2.35. The molecule has 1 aromatic heterocycles. The Labute approximate surface area is 173 Å². The van der Waals surface area contributed by atoms with Crippen molar-refractivity contribution >= 4 is 11.6 Å². The Balaban J connectivity index is 1.40. The fraction of sp³-hybridized carbons (Fsp3) is 0.318. The molecule has 0 unspecified atom stereocenters. The van der Waals surface area contributed by atoms with Crippen molar-refractivity contribution in [2.45, 2.75) is 25.7 Å². The van der Waals surface area contributed by atoms with Crippen molar-refractivity contribution < 1.29 is 14.2 Å². The molecule has 0 radical (unpaired) electrons. The fourth-order valence-corrected chi connectivity index (χ4v) is 3.29.